The zero-order valence-corrected chi connectivity index (χ0v) is 16.6. The van der Waals surface area contributed by atoms with Crippen LogP contribution in [0.3, 0.4) is 0 Å². The molecule has 27 heavy (non-hydrogen) atoms. The molecule has 0 radical (unpaired) electrons. The van der Waals surface area contributed by atoms with Crippen LogP contribution < -0.4 is 4.74 Å². The van der Waals surface area contributed by atoms with Crippen LogP contribution in [0.15, 0.2) is 76.6 Å². The number of fused-ring (bicyclic) bond motifs is 3. The van der Waals surface area contributed by atoms with Crippen LogP contribution in [-0.2, 0) is 0 Å². The molecule has 0 saturated carbocycles. The predicted octanol–water partition coefficient (Wildman–Crippen LogP) is 5.74. The van der Waals surface area contributed by atoms with Gasteiger partial charge in [0.25, 0.3) is 0 Å². The van der Waals surface area contributed by atoms with Crippen molar-refractivity contribution in [3.8, 4) is 5.75 Å². The van der Waals surface area contributed by atoms with Gasteiger partial charge in [0.1, 0.15) is 5.75 Å². The van der Waals surface area contributed by atoms with Crippen LogP contribution in [0.4, 0.5) is 0 Å². The third-order valence-corrected chi connectivity index (χ3v) is 5.64. The van der Waals surface area contributed by atoms with E-state index in [9.17, 15) is 0 Å². The van der Waals surface area contributed by atoms with Crippen molar-refractivity contribution < 1.29 is 4.74 Å². The summed E-state index contributed by atoms with van der Waals surface area (Å²) in [5.41, 5.74) is 4.23. The summed E-state index contributed by atoms with van der Waals surface area (Å²) in [7, 11) is 0. The second kappa shape index (κ2) is 6.66. The van der Waals surface area contributed by atoms with Gasteiger partial charge in [-0.2, -0.15) is 5.10 Å². The lowest BCUT2D eigenvalue weighted by Gasteiger charge is -2.38. The van der Waals surface area contributed by atoms with E-state index < -0.39 is 0 Å². The molecule has 6 heteroatoms. The maximum atomic E-state index is 6.33. The van der Waals surface area contributed by atoms with Crippen LogP contribution in [-0.4, -0.2) is 15.7 Å². The van der Waals surface area contributed by atoms with Crippen molar-refractivity contribution in [3.05, 3.63) is 93.2 Å². The van der Waals surface area contributed by atoms with Gasteiger partial charge in [0.2, 0.25) is 6.23 Å². The van der Waals surface area contributed by atoms with E-state index in [1.54, 1.807) is 6.20 Å². The first-order valence-electron chi connectivity index (χ1n) is 8.67. The standard InChI is InChI=1S/C21H15BrClN3O/c22-15-5-8-20-17(10-15)19-11-18(13-3-6-16(23)7-4-13)25-26(19)21(27-20)14-2-1-9-24-12-14/h1-10,12,19,21H,11H2/t19-,21+/m0/s1. The van der Waals surface area contributed by atoms with E-state index >= 15 is 0 Å². The Balaban J connectivity index is 1.60. The highest BCUT2D eigenvalue weighted by atomic mass is 79.9. The third-order valence-electron chi connectivity index (χ3n) is 4.90. The molecule has 0 aliphatic carbocycles. The summed E-state index contributed by atoms with van der Waals surface area (Å²) in [5, 5.41) is 7.71. The van der Waals surface area contributed by atoms with Crippen LogP contribution in [0.25, 0.3) is 0 Å². The Labute approximate surface area is 170 Å². The first kappa shape index (κ1) is 16.8. The molecule has 5 rings (SSSR count). The number of ether oxygens (including phenoxy) is 1. The SMILES string of the molecule is Clc1ccc(C2=NN3[C@@H](c4cccnc4)Oc4ccc(Br)cc4[C@@H]3C2)cc1. The van der Waals surface area contributed by atoms with Crippen molar-refractivity contribution in [1.29, 1.82) is 0 Å². The topological polar surface area (TPSA) is 37.7 Å². The fraction of sp³-hybridized carbons (Fsp3) is 0.143. The number of halogens is 2. The Bertz CT molecular complexity index is 1020. The Morgan fingerprint density at radius 2 is 1.96 bits per heavy atom. The molecule has 0 N–H and O–H groups in total. The summed E-state index contributed by atoms with van der Waals surface area (Å²) in [6, 6.07) is 18.0. The van der Waals surface area contributed by atoms with Crippen molar-refractivity contribution in [2.45, 2.75) is 18.7 Å². The fourth-order valence-corrected chi connectivity index (χ4v) is 4.12. The average molecular weight is 441 g/mol. The van der Waals surface area contributed by atoms with Gasteiger partial charge in [-0.1, -0.05) is 45.7 Å². The molecule has 134 valence electrons. The smallest absolute Gasteiger partial charge is 0.215 e. The Morgan fingerprint density at radius 3 is 2.74 bits per heavy atom. The highest BCUT2D eigenvalue weighted by molar-refractivity contribution is 9.10. The molecule has 2 atom stereocenters. The van der Waals surface area contributed by atoms with E-state index in [4.69, 9.17) is 21.4 Å². The average Bonchev–Trinajstić information content (AvgIpc) is 3.14. The second-order valence-corrected chi connectivity index (χ2v) is 7.94. The summed E-state index contributed by atoms with van der Waals surface area (Å²) in [5.74, 6) is 0.890. The molecule has 2 aliphatic heterocycles. The zero-order chi connectivity index (χ0) is 18.4. The van der Waals surface area contributed by atoms with Gasteiger partial charge in [0, 0.05) is 39.4 Å². The van der Waals surface area contributed by atoms with Crippen molar-refractivity contribution in [3.63, 3.8) is 0 Å². The summed E-state index contributed by atoms with van der Waals surface area (Å²) >= 11 is 9.62. The van der Waals surface area contributed by atoms with Gasteiger partial charge >= 0.3 is 0 Å². The molecular weight excluding hydrogens is 426 g/mol. The van der Waals surface area contributed by atoms with Gasteiger partial charge in [0.05, 0.1) is 11.8 Å². The second-order valence-electron chi connectivity index (χ2n) is 6.59. The number of hydrazone groups is 1. The minimum Gasteiger partial charge on any atom is -0.464 e. The first-order valence-corrected chi connectivity index (χ1v) is 9.84. The van der Waals surface area contributed by atoms with Crippen LogP contribution in [0.5, 0.6) is 5.75 Å². The quantitative estimate of drug-likeness (QED) is 0.510. The van der Waals surface area contributed by atoms with Crippen LogP contribution in [0.2, 0.25) is 5.02 Å². The van der Waals surface area contributed by atoms with Gasteiger partial charge in [-0.3, -0.25) is 4.98 Å². The van der Waals surface area contributed by atoms with Crippen molar-refractivity contribution in [1.82, 2.24) is 9.99 Å². The molecule has 0 unspecified atom stereocenters. The van der Waals surface area contributed by atoms with Crippen LogP contribution in [0, 0.1) is 0 Å². The number of aromatic nitrogens is 1. The number of benzene rings is 2. The molecular formula is C21H15BrClN3O. The normalized spacial score (nSPS) is 20.5. The minimum atomic E-state index is -0.304. The fourth-order valence-electron chi connectivity index (χ4n) is 3.62. The highest BCUT2D eigenvalue weighted by Gasteiger charge is 2.41. The van der Waals surface area contributed by atoms with E-state index in [1.807, 2.05) is 54.7 Å². The van der Waals surface area contributed by atoms with E-state index in [1.165, 1.54) is 0 Å². The van der Waals surface area contributed by atoms with E-state index in [0.29, 0.717) is 0 Å². The number of rotatable bonds is 2. The molecule has 0 spiro atoms. The first-order chi connectivity index (χ1) is 13.2. The molecule has 2 aromatic carbocycles. The molecule has 0 fully saturated rings. The van der Waals surface area contributed by atoms with Crippen molar-refractivity contribution in [2.75, 3.05) is 0 Å². The maximum absolute atomic E-state index is 6.33. The summed E-state index contributed by atoms with van der Waals surface area (Å²) in [6.45, 7) is 0. The number of nitrogens with zero attached hydrogens (tertiary/aromatic N) is 3. The summed E-state index contributed by atoms with van der Waals surface area (Å²) in [4.78, 5) is 4.25. The number of pyridine rings is 1. The molecule has 0 amide bonds. The van der Waals surface area contributed by atoms with Crippen LogP contribution in [0.1, 0.15) is 35.4 Å². The lowest BCUT2D eigenvalue weighted by atomic mass is 9.96. The van der Waals surface area contributed by atoms with Crippen molar-refractivity contribution in [2.24, 2.45) is 5.10 Å². The number of hydrogen-bond acceptors (Lipinski definition) is 4. The number of hydrogen-bond donors (Lipinski definition) is 0. The monoisotopic (exact) mass is 439 g/mol. The Hall–Kier alpha value is -2.37. The molecule has 1 aromatic heterocycles. The lowest BCUT2D eigenvalue weighted by Crippen LogP contribution is -2.33. The minimum absolute atomic E-state index is 0.113. The van der Waals surface area contributed by atoms with E-state index in [-0.39, 0.29) is 12.3 Å². The highest BCUT2D eigenvalue weighted by Crippen LogP contribution is 2.48. The summed E-state index contributed by atoms with van der Waals surface area (Å²) < 4.78 is 7.36. The molecule has 2 aliphatic rings. The van der Waals surface area contributed by atoms with E-state index in [2.05, 4.69) is 32.0 Å². The Morgan fingerprint density at radius 1 is 1.11 bits per heavy atom. The molecule has 0 bridgehead atoms. The van der Waals surface area contributed by atoms with Gasteiger partial charge in [-0.25, -0.2) is 5.01 Å². The van der Waals surface area contributed by atoms with Gasteiger partial charge in [0.15, 0.2) is 0 Å². The van der Waals surface area contributed by atoms with Gasteiger partial charge < -0.3 is 4.74 Å². The van der Waals surface area contributed by atoms with Crippen molar-refractivity contribution >= 4 is 33.2 Å². The third kappa shape index (κ3) is 3.01. The predicted molar refractivity (Wildman–Crippen MR) is 109 cm³/mol. The van der Waals surface area contributed by atoms with E-state index in [0.717, 1.165) is 44.1 Å². The molecule has 3 aromatic rings. The molecule has 4 nitrogen and oxygen atoms in total. The maximum Gasteiger partial charge on any atom is 0.215 e. The molecule has 3 heterocycles. The van der Waals surface area contributed by atoms with Gasteiger partial charge in [-0.15, -0.1) is 0 Å². The zero-order valence-electron chi connectivity index (χ0n) is 14.2. The largest absolute Gasteiger partial charge is 0.464 e. The summed E-state index contributed by atoms with van der Waals surface area (Å²) in [6.07, 6.45) is 4.11. The molecule has 0 saturated heterocycles. The van der Waals surface area contributed by atoms with Gasteiger partial charge in [-0.05, 0) is 42.0 Å². The lowest BCUT2D eigenvalue weighted by molar-refractivity contribution is -0.0192. The Kier molecular flexibility index (Phi) is 4.14. The van der Waals surface area contributed by atoms with Crippen LogP contribution >= 0.6 is 27.5 Å².